The predicted molar refractivity (Wildman–Crippen MR) is 116 cm³/mol. The van der Waals surface area contributed by atoms with E-state index in [1.165, 1.54) is 16.9 Å². The van der Waals surface area contributed by atoms with Gasteiger partial charge in [0.1, 0.15) is 5.01 Å². The van der Waals surface area contributed by atoms with Crippen LogP contribution in [0.4, 0.5) is 4.79 Å². The van der Waals surface area contributed by atoms with Crippen molar-refractivity contribution in [3.8, 4) is 0 Å². The molecule has 1 aliphatic rings. The topological polar surface area (TPSA) is 68.5 Å². The highest BCUT2D eigenvalue weighted by atomic mass is 32.1. The van der Waals surface area contributed by atoms with Crippen LogP contribution in [0.1, 0.15) is 57.5 Å². The Bertz CT molecular complexity index is 861. The summed E-state index contributed by atoms with van der Waals surface area (Å²) in [6.45, 7) is 9.83. The third kappa shape index (κ3) is 6.51. The Morgan fingerprint density at radius 3 is 2.79 bits per heavy atom. The van der Waals surface area contributed by atoms with E-state index < -0.39 is 0 Å². The van der Waals surface area contributed by atoms with Gasteiger partial charge in [0.15, 0.2) is 0 Å². The summed E-state index contributed by atoms with van der Waals surface area (Å²) in [5.74, 6) is 0. The Morgan fingerprint density at radius 2 is 2.14 bits per heavy atom. The number of amides is 2. The van der Waals surface area contributed by atoms with Crippen molar-refractivity contribution in [2.24, 2.45) is 4.99 Å². The van der Waals surface area contributed by atoms with Gasteiger partial charge in [0.05, 0.1) is 12.6 Å². The number of ether oxygens (including phenoxy) is 1. The highest BCUT2D eigenvalue weighted by Crippen LogP contribution is 2.22. The average molecular weight is 417 g/mol. The maximum absolute atomic E-state index is 12.5. The van der Waals surface area contributed by atoms with E-state index in [1.54, 1.807) is 0 Å². The number of aromatic nitrogens is 2. The molecular formula is C22H32N4O2S. The number of urea groups is 1. The van der Waals surface area contributed by atoms with Crippen LogP contribution in [-0.4, -0.2) is 34.6 Å². The minimum atomic E-state index is -0.309. The fourth-order valence-electron chi connectivity index (χ4n) is 3.23. The van der Waals surface area contributed by atoms with Crippen LogP contribution in [-0.2, 0) is 23.1 Å². The molecule has 2 aromatic rings. The van der Waals surface area contributed by atoms with Gasteiger partial charge in [-0.15, -0.1) is 0 Å². The molecule has 3 rings (SSSR count). The number of aryl methyl sites for hydroxylation is 1. The molecule has 2 atom stereocenters. The van der Waals surface area contributed by atoms with Crippen LogP contribution < -0.4 is 10.1 Å². The molecule has 0 spiro atoms. The number of nitrogens with one attached hydrogen (secondary N) is 1. The number of carbonyl (C=O) groups excluding carboxylic acids is 1. The van der Waals surface area contributed by atoms with Gasteiger partial charge < -0.3 is 10.1 Å². The molecule has 1 fully saturated rings. The molecule has 2 amide bonds. The molecule has 1 unspecified atom stereocenters. The van der Waals surface area contributed by atoms with Crippen LogP contribution >= 0.6 is 11.3 Å². The Labute approximate surface area is 177 Å². The molecule has 6 nitrogen and oxygen atoms in total. The molecule has 1 aromatic heterocycles. The molecule has 1 aliphatic heterocycles. The Kier molecular flexibility index (Phi) is 7.24. The molecule has 0 aliphatic carbocycles. The smallest absolute Gasteiger partial charge is 0.343 e. The number of rotatable bonds is 6. The third-order valence-corrected chi connectivity index (χ3v) is 6.31. The molecule has 2 heterocycles. The van der Waals surface area contributed by atoms with Crippen LogP contribution in [0.15, 0.2) is 35.3 Å². The van der Waals surface area contributed by atoms with Crippen LogP contribution in [0.2, 0.25) is 0 Å². The summed E-state index contributed by atoms with van der Waals surface area (Å²) < 4.78 is 7.59. The van der Waals surface area contributed by atoms with Crippen molar-refractivity contribution in [3.05, 3.63) is 45.7 Å². The summed E-state index contributed by atoms with van der Waals surface area (Å²) in [7, 11) is 0. The van der Waals surface area contributed by atoms with E-state index >= 15 is 0 Å². The number of hydrogen-bond donors (Lipinski definition) is 1. The SMILES string of the molecule is CC(CCc1ccccc1)NC(=O)/N=c1\sc(C(C)(C)C)nn1C[C@H]1CCCO1. The lowest BCUT2D eigenvalue weighted by molar-refractivity contribution is 0.0928. The lowest BCUT2D eigenvalue weighted by Crippen LogP contribution is -2.33. The van der Waals surface area contributed by atoms with Gasteiger partial charge in [-0.1, -0.05) is 62.4 Å². The molecule has 29 heavy (non-hydrogen) atoms. The molecule has 0 bridgehead atoms. The van der Waals surface area contributed by atoms with Gasteiger partial charge in [0.2, 0.25) is 4.80 Å². The maximum atomic E-state index is 12.5. The first-order chi connectivity index (χ1) is 13.8. The van der Waals surface area contributed by atoms with Crippen LogP contribution in [0.5, 0.6) is 0 Å². The van der Waals surface area contributed by atoms with E-state index in [1.807, 2.05) is 29.8 Å². The zero-order valence-corrected chi connectivity index (χ0v) is 18.7. The van der Waals surface area contributed by atoms with E-state index in [9.17, 15) is 4.79 Å². The highest BCUT2D eigenvalue weighted by Gasteiger charge is 2.23. The monoisotopic (exact) mass is 416 g/mol. The van der Waals surface area contributed by atoms with Gasteiger partial charge >= 0.3 is 6.03 Å². The van der Waals surface area contributed by atoms with Gasteiger partial charge in [0, 0.05) is 18.1 Å². The molecule has 1 aromatic carbocycles. The van der Waals surface area contributed by atoms with Crippen molar-refractivity contribution >= 4 is 17.4 Å². The summed E-state index contributed by atoms with van der Waals surface area (Å²) in [4.78, 5) is 17.5. The quantitative estimate of drug-likeness (QED) is 0.772. The zero-order valence-electron chi connectivity index (χ0n) is 17.9. The molecule has 1 saturated heterocycles. The summed E-state index contributed by atoms with van der Waals surface area (Å²) >= 11 is 1.48. The second-order valence-corrected chi connectivity index (χ2v) is 9.70. The van der Waals surface area contributed by atoms with Gasteiger partial charge in [-0.3, -0.25) is 0 Å². The second-order valence-electron chi connectivity index (χ2n) is 8.74. The van der Waals surface area contributed by atoms with E-state index in [0.717, 1.165) is 37.3 Å². The number of benzene rings is 1. The normalized spacial score (nSPS) is 18.8. The minimum absolute atomic E-state index is 0.0491. The predicted octanol–water partition coefficient (Wildman–Crippen LogP) is 4.05. The molecule has 7 heteroatoms. The van der Waals surface area contributed by atoms with Crippen LogP contribution in [0.25, 0.3) is 0 Å². The summed E-state index contributed by atoms with van der Waals surface area (Å²) in [5.41, 5.74) is 1.19. The van der Waals surface area contributed by atoms with E-state index in [0.29, 0.717) is 11.3 Å². The lowest BCUT2D eigenvalue weighted by atomic mass is 9.98. The van der Waals surface area contributed by atoms with Crippen molar-refractivity contribution in [2.75, 3.05) is 6.61 Å². The molecule has 1 N–H and O–H groups in total. The summed E-state index contributed by atoms with van der Waals surface area (Å²) in [5, 5.41) is 8.70. The first kappa shape index (κ1) is 21.7. The molecule has 0 radical (unpaired) electrons. The largest absolute Gasteiger partial charge is 0.376 e. The van der Waals surface area contributed by atoms with E-state index in [4.69, 9.17) is 9.84 Å². The van der Waals surface area contributed by atoms with Crippen molar-refractivity contribution in [1.29, 1.82) is 0 Å². The zero-order chi connectivity index (χ0) is 20.9. The van der Waals surface area contributed by atoms with Crippen molar-refractivity contribution in [3.63, 3.8) is 0 Å². The third-order valence-electron chi connectivity index (χ3n) is 4.94. The first-order valence-corrected chi connectivity index (χ1v) is 11.2. The fraction of sp³-hybridized carbons (Fsp3) is 0.591. The van der Waals surface area contributed by atoms with Crippen molar-refractivity contribution in [2.45, 2.75) is 77.5 Å². The standard InChI is InChI=1S/C22H32N4O2S/c1-16(12-13-17-9-6-5-7-10-17)23-20(27)24-21-26(15-18-11-8-14-28-18)25-19(29-21)22(2,3)4/h5-7,9-10,16,18H,8,11-15H2,1-4H3,(H,23,27)/b24-21-/t16?,18-/m1/s1. The average Bonchev–Trinajstić information content (AvgIpc) is 3.31. The van der Waals surface area contributed by atoms with Crippen LogP contribution in [0, 0.1) is 0 Å². The Hall–Kier alpha value is -1.99. The van der Waals surface area contributed by atoms with Crippen molar-refractivity contribution in [1.82, 2.24) is 15.1 Å². The summed E-state index contributed by atoms with van der Waals surface area (Å²) in [6.07, 6.45) is 4.05. The van der Waals surface area contributed by atoms with E-state index in [-0.39, 0.29) is 23.6 Å². The lowest BCUT2D eigenvalue weighted by Gasteiger charge is -2.13. The molecule has 158 valence electrons. The highest BCUT2D eigenvalue weighted by molar-refractivity contribution is 7.09. The number of hydrogen-bond acceptors (Lipinski definition) is 4. The summed E-state index contributed by atoms with van der Waals surface area (Å²) in [6, 6.07) is 10.1. The fourth-order valence-corrected chi connectivity index (χ4v) is 4.19. The number of nitrogens with zero attached hydrogens (tertiary/aromatic N) is 3. The van der Waals surface area contributed by atoms with Gasteiger partial charge in [-0.2, -0.15) is 10.1 Å². The molecular weight excluding hydrogens is 384 g/mol. The Morgan fingerprint density at radius 1 is 1.38 bits per heavy atom. The minimum Gasteiger partial charge on any atom is -0.376 e. The first-order valence-electron chi connectivity index (χ1n) is 10.4. The van der Waals surface area contributed by atoms with E-state index in [2.05, 4.69) is 43.2 Å². The maximum Gasteiger partial charge on any atom is 0.343 e. The van der Waals surface area contributed by atoms with Crippen molar-refractivity contribution < 1.29 is 9.53 Å². The van der Waals surface area contributed by atoms with Gasteiger partial charge in [-0.05, 0) is 38.2 Å². The Balaban J connectivity index is 1.68. The number of carbonyl (C=O) groups is 1. The van der Waals surface area contributed by atoms with Gasteiger partial charge in [-0.25, -0.2) is 9.48 Å². The molecule has 0 saturated carbocycles. The van der Waals surface area contributed by atoms with Gasteiger partial charge in [0.25, 0.3) is 0 Å². The second kappa shape index (κ2) is 9.67. The van der Waals surface area contributed by atoms with Crippen LogP contribution in [0.3, 0.4) is 0 Å².